The Bertz CT molecular complexity index is 407. The number of hydrogen-bond acceptors (Lipinski definition) is 2. The molecule has 2 amide bonds. The molecular weight excluding hydrogens is 211 g/mol. The molecule has 0 aliphatic carbocycles. The van der Waals surface area contributed by atoms with E-state index < -0.39 is 17.8 Å². The molecule has 2 N–H and O–H groups in total. The first-order chi connectivity index (χ1) is 7.50. The van der Waals surface area contributed by atoms with E-state index in [0.29, 0.717) is 0 Å². The molecule has 16 heavy (non-hydrogen) atoms. The monoisotopic (exact) mass is 224 g/mol. The van der Waals surface area contributed by atoms with Crippen LogP contribution in [0.2, 0.25) is 0 Å². The molecule has 0 spiro atoms. The molecule has 0 saturated carbocycles. The molecule has 0 aromatic heterocycles. The first-order valence-corrected chi connectivity index (χ1v) is 4.83. The third kappa shape index (κ3) is 3.34. The Balaban J connectivity index is 2.64. The maximum Gasteiger partial charge on any atom is 0.246 e. The van der Waals surface area contributed by atoms with Gasteiger partial charge in [-0.3, -0.25) is 9.59 Å². The molecule has 1 rings (SSSR count). The minimum atomic E-state index is -0.697. The number of halogens is 1. The lowest BCUT2D eigenvalue weighted by Gasteiger charge is -2.12. The smallest absolute Gasteiger partial charge is 0.246 e. The van der Waals surface area contributed by atoms with E-state index >= 15 is 0 Å². The summed E-state index contributed by atoms with van der Waals surface area (Å²) in [6.45, 7) is 2.84. The summed E-state index contributed by atoms with van der Waals surface area (Å²) in [4.78, 5) is 22.2. The summed E-state index contributed by atoms with van der Waals surface area (Å²) in [7, 11) is 0. The van der Waals surface area contributed by atoms with Gasteiger partial charge in [-0.2, -0.15) is 0 Å². The van der Waals surface area contributed by atoms with Crippen molar-refractivity contribution in [1.82, 2.24) is 5.32 Å². The molecule has 0 saturated heterocycles. The van der Waals surface area contributed by atoms with Gasteiger partial charge < -0.3 is 10.6 Å². The van der Waals surface area contributed by atoms with Crippen LogP contribution in [0.15, 0.2) is 24.3 Å². The van der Waals surface area contributed by atoms with Gasteiger partial charge in [0, 0.05) is 6.92 Å². The van der Waals surface area contributed by atoms with Gasteiger partial charge in [0.1, 0.15) is 11.9 Å². The summed E-state index contributed by atoms with van der Waals surface area (Å²) in [5, 5.41) is 4.80. The standard InChI is InChI=1S/C11H13FN2O2/c1-7(13-8(2)15)11(16)14-10-6-4-3-5-9(10)12/h3-7H,1-2H3,(H,13,15)(H,14,16). The molecule has 1 unspecified atom stereocenters. The molecule has 0 heterocycles. The second-order valence-corrected chi connectivity index (χ2v) is 3.39. The van der Waals surface area contributed by atoms with Gasteiger partial charge in [-0.1, -0.05) is 12.1 Å². The van der Waals surface area contributed by atoms with Crippen molar-refractivity contribution in [2.75, 3.05) is 5.32 Å². The molecule has 0 bridgehead atoms. The van der Waals surface area contributed by atoms with E-state index in [4.69, 9.17) is 0 Å². The zero-order valence-corrected chi connectivity index (χ0v) is 9.08. The van der Waals surface area contributed by atoms with Crippen LogP contribution in [0.25, 0.3) is 0 Å². The van der Waals surface area contributed by atoms with Crippen LogP contribution in [0, 0.1) is 5.82 Å². The Morgan fingerprint density at radius 1 is 1.31 bits per heavy atom. The van der Waals surface area contributed by atoms with Gasteiger partial charge in [-0.15, -0.1) is 0 Å². The largest absolute Gasteiger partial charge is 0.345 e. The lowest BCUT2D eigenvalue weighted by molar-refractivity contribution is -0.124. The van der Waals surface area contributed by atoms with E-state index in [1.807, 2.05) is 0 Å². The van der Waals surface area contributed by atoms with Crippen LogP contribution in [-0.4, -0.2) is 17.9 Å². The predicted octanol–water partition coefficient (Wildman–Crippen LogP) is 1.29. The minimum Gasteiger partial charge on any atom is -0.345 e. The van der Waals surface area contributed by atoms with Gasteiger partial charge in [-0.25, -0.2) is 4.39 Å². The van der Waals surface area contributed by atoms with Crippen molar-refractivity contribution in [3.05, 3.63) is 30.1 Å². The van der Waals surface area contributed by atoms with Crippen molar-refractivity contribution >= 4 is 17.5 Å². The number of nitrogens with one attached hydrogen (secondary N) is 2. The van der Waals surface area contributed by atoms with Crippen molar-refractivity contribution in [3.63, 3.8) is 0 Å². The molecule has 1 atom stereocenters. The van der Waals surface area contributed by atoms with Gasteiger partial charge in [0.2, 0.25) is 11.8 Å². The fourth-order valence-corrected chi connectivity index (χ4v) is 1.17. The Kier molecular flexibility index (Phi) is 3.99. The molecule has 1 aromatic carbocycles. The van der Waals surface area contributed by atoms with E-state index in [2.05, 4.69) is 10.6 Å². The highest BCUT2D eigenvalue weighted by atomic mass is 19.1. The van der Waals surface area contributed by atoms with Crippen LogP contribution >= 0.6 is 0 Å². The highest BCUT2D eigenvalue weighted by molar-refractivity contribution is 5.96. The first-order valence-electron chi connectivity index (χ1n) is 4.83. The molecule has 0 aliphatic rings. The van der Waals surface area contributed by atoms with Crippen LogP contribution < -0.4 is 10.6 Å². The summed E-state index contributed by atoms with van der Waals surface area (Å²) in [5.74, 6) is -1.28. The molecule has 4 nitrogen and oxygen atoms in total. The van der Waals surface area contributed by atoms with Gasteiger partial charge in [0.25, 0.3) is 0 Å². The van der Waals surface area contributed by atoms with Crippen molar-refractivity contribution in [2.24, 2.45) is 0 Å². The summed E-state index contributed by atoms with van der Waals surface area (Å²) in [6, 6.07) is 5.15. The van der Waals surface area contributed by atoms with Crippen molar-refractivity contribution in [3.8, 4) is 0 Å². The minimum absolute atomic E-state index is 0.102. The third-order valence-corrected chi connectivity index (χ3v) is 1.94. The van der Waals surface area contributed by atoms with Crippen LogP contribution in [0.3, 0.4) is 0 Å². The van der Waals surface area contributed by atoms with E-state index in [-0.39, 0.29) is 11.6 Å². The number of para-hydroxylation sites is 1. The van der Waals surface area contributed by atoms with Crippen molar-refractivity contribution < 1.29 is 14.0 Å². The summed E-state index contributed by atoms with van der Waals surface area (Å²) < 4.78 is 13.2. The maximum atomic E-state index is 13.2. The normalized spacial score (nSPS) is 11.7. The number of benzene rings is 1. The molecule has 5 heteroatoms. The maximum absolute atomic E-state index is 13.2. The number of carbonyl (C=O) groups excluding carboxylic acids is 2. The zero-order valence-electron chi connectivity index (χ0n) is 9.08. The lowest BCUT2D eigenvalue weighted by Crippen LogP contribution is -2.40. The molecule has 1 aromatic rings. The van der Waals surface area contributed by atoms with Gasteiger partial charge in [-0.05, 0) is 19.1 Å². The first kappa shape index (κ1) is 12.2. The average Bonchev–Trinajstić information content (AvgIpc) is 2.20. The second kappa shape index (κ2) is 5.25. The number of anilines is 1. The van der Waals surface area contributed by atoms with Crippen LogP contribution in [0.5, 0.6) is 0 Å². The van der Waals surface area contributed by atoms with E-state index in [1.165, 1.54) is 32.0 Å². The highest BCUT2D eigenvalue weighted by Crippen LogP contribution is 2.12. The number of amides is 2. The topological polar surface area (TPSA) is 58.2 Å². The van der Waals surface area contributed by atoms with Gasteiger partial charge in [0.05, 0.1) is 5.69 Å². The second-order valence-electron chi connectivity index (χ2n) is 3.39. The average molecular weight is 224 g/mol. The Morgan fingerprint density at radius 3 is 2.50 bits per heavy atom. The molecule has 0 radical (unpaired) electrons. The number of carbonyl (C=O) groups is 2. The summed E-state index contributed by atoms with van der Waals surface area (Å²) >= 11 is 0. The predicted molar refractivity (Wildman–Crippen MR) is 58.3 cm³/mol. The zero-order chi connectivity index (χ0) is 12.1. The Labute approximate surface area is 92.8 Å². The summed E-state index contributed by atoms with van der Waals surface area (Å²) in [6.07, 6.45) is 0. The molecular formula is C11H13FN2O2. The Hall–Kier alpha value is -1.91. The Morgan fingerprint density at radius 2 is 1.94 bits per heavy atom. The highest BCUT2D eigenvalue weighted by Gasteiger charge is 2.14. The van der Waals surface area contributed by atoms with Gasteiger partial charge in [0.15, 0.2) is 0 Å². The van der Waals surface area contributed by atoms with Crippen LogP contribution in [0.1, 0.15) is 13.8 Å². The lowest BCUT2D eigenvalue weighted by atomic mass is 10.2. The summed E-state index contributed by atoms with van der Waals surface area (Å²) in [5.41, 5.74) is 0.102. The molecule has 86 valence electrons. The van der Waals surface area contributed by atoms with Crippen LogP contribution in [-0.2, 0) is 9.59 Å². The van der Waals surface area contributed by atoms with E-state index in [0.717, 1.165) is 0 Å². The molecule has 0 aliphatic heterocycles. The molecule has 0 fully saturated rings. The third-order valence-electron chi connectivity index (χ3n) is 1.94. The fraction of sp³-hybridized carbons (Fsp3) is 0.273. The van der Waals surface area contributed by atoms with E-state index in [1.54, 1.807) is 6.07 Å². The fourth-order valence-electron chi connectivity index (χ4n) is 1.17. The van der Waals surface area contributed by atoms with Crippen LogP contribution in [0.4, 0.5) is 10.1 Å². The van der Waals surface area contributed by atoms with Crippen molar-refractivity contribution in [2.45, 2.75) is 19.9 Å². The SMILES string of the molecule is CC(=O)NC(C)C(=O)Nc1ccccc1F. The van der Waals surface area contributed by atoms with Gasteiger partial charge >= 0.3 is 0 Å². The van der Waals surface area contributed by atoms with E-state index in [9.17, 15) is 14.0 Å². The quantitative estimate of drug-likeness (QED) is 0.812. The number of rotatable bonds is 3. The van der Waals surface area contributed by atoms with Crippen molar-refractivity contribution in [1.29, 1.82) is 0 Å². The number of hydrogen-bond donors (Lipinski definition) is 2.